The van der Waals surface area contributed by atoms with Crippen LogP contribution >= 0.6 is 0 Å². The lowest BCUT2D eigenvalue weighted by atomic mass is 10.0. The average Bonchev–Trinajstić information content (AvgIpc) is 2.63. The number of carboxylic acids is 3. The summed E-state index contributed by atoms with van der Waals surface area (Å²) in [6.07, 6.45) is 19.3. The van der Waals surface area contributed by atoms with Gasteiger partial charge >= 0.3 is 17.9 Å². The summed E-state index contributed by atoms with van der Waals surface area (Å²) < 4.78 is -0.436. The van der Waals surface area contributed by atoms with Crippen LogP contribution in [0.1, 0.15) is 90.4 Å². The highest BCUT2D eigenvalue weighted by molar-refractivity contribution is 5.73. The predicted octanol–water partition coefficient (Wildman–Crippen LogP) is 4.70. The summed E-state index contributed by atoms with van der Waals surface area (Å²) in [6.45, 7) is 0.980. The average molecular weight is 429 g/mol. The van der Waals surface area contributed by atoms with Gasteiger partial charge < -0.3 is 15.3 Å². The number of hydrogen-bond donors (Lipinski definition) is 3. The molecule has 0 radical (unpaired) electrons. The van der Waals surface area contributed by atoms with E-state index in [1.165, 1.54) is 51.4 Å². The van der Waals surface area contributed by atoms with Gasteiger partial charge in [-0.05, 0) is 32.1 Å². The van der Waals surface area contributed by atoms with Crippen molar-refractivity contribution in [2.24, 2.45) is 0 Å². The molecule has 0 aliphatic carbocycles. The summed E-state index contributed by atoms with van der Waals surface area (Å²) >= 11 is 0. The largest absolute Gasteiger partial charge is 0.477 e. The Bertz CT molecular complexity index is 477. The van der Waals surface area contributed by atoms with Gasteiger partial charge in [0.25, 0.3) is 0 Å². The lowest BCUT2D eigenvalue weighted by Gasteiger charge is -2.34. The maximum Gasteiger partial charge on any atom is 0.359 e. The van der Waals surface area contributed by atoms with Crippen LogP contribution in [0.4, 0.5) is 0 Å². The summed E-state index contributed by atoms with van der Waals surface area (Å²) in [5.74, 6) is -3.51. The standard InChI is InChI=1S/C23H41NO6/c1-2-3-4-5-6-7-8-9-10-11-12-13-14-15-16-17-24(18-21(25)26,19-22(27)28)20-23(29)30/h3-4H,2,5-20H2,1H3,(H2-,25,26,27,28,29,30)/p+1/b4-3+. The highest BCUT2D eigenvalue weighted by atomic mass is 16.4. The number of allylic oxidation sites excluding steroid dienone is 2. The summed E-state index contributed by atoms with van der Waals surface area (Å²) in [6, 6.07) is 0. The van der Waals surface area contributed by atoms with E-state index in [0.717, 1.165) is 25.7 Å². The van der Waals surface area contributed by atoms with Crippen LogP contribution in [0.2, 0.25) is 0 Å². The number of carbonyl (C=O) groups is 3. The van der Waals surface area contributed by atoms with Gasteiger partial charge in [0.2, 0.25) is 0 Å². The highest BCUT2D eigenvalue weighted by Gasteiger charge is 2.35. The molecule has 0 aromatic rings. The quantitative estimate of drug-likeness (QED) is 0.139. The molecule has 0 aromatic carbocycles. The molecule has 0 amide bonds. The van der Waals surface area contributed by atoms with Crippen LogP contribution in [0.15, 0.2) is 12.2 Å². The first-order valence-electron chi connectivity index (χ1n) is 11.5. The summed E-state index contributed by atoms with van der Waals surface area (Å²) in [5.41, 5.74) is 0. The van der Waals surface area contributed by atoms with Gasteiger partial charge in [-0.1, -0.05) is 70.4 Å². The van der Waals surface area contributed by atoms with E-state index < -0.39 is 42.0 Å². The van der Waals surface area contributed by atoms with Crippen molar-refractivity contribution in [3.63, 3.8) is 0 Å². The van der Waals surface area contributed by atoms with Crippen molar-refractivity contribution in [1.29, 1.82) is 0 Å². The predicted molar refractivity (Wildman–Crippen MR) is 117 cm³/mol. The first-order chi connectivity index (χ1) is 14.3. The van der Waals surface area contributed by atoms with Crippen molar-refractivity contribution in [3.05, 3.63) is 12.2 Å². The molecule has 0 fully saturated rings. The van der Waals surface area contributed by atoms with E-state index >= 15 is 0 Å². The molecule has 0 saturated carbocycles. The van der Waals surface area contributed by atoms with E-state index in [1.54, 1.807) is 0 Å². The molecule has 3 N–H and O–H groups in total. The Hall–Kier alpha value is -1.89. The molecule has 0 heterocycles. The molecule has 0 unspecified atom stereocenters. The molecular weight excluding hydrogens is 386 g/mol. The number of carboxylic acid groups (broad SMARTS) is 3. The Balaban J connectivity index is 3.91. The SMILES string of the molecule is CC/C=C/CCCCCCCCCCCCC[N+](CC(=O)O)(CC(=O)O)CC(=O)O. The van der Waals surface area contributed by atoms with E-state index in [9.17, 15) is 14.4 Å². The van der Waals surface area contributed by atoms with Crippen LogP contribution in [0, 0.1) is 0 Å². The first kappa shape index (κ1) is 28.1. The highest BCUT2D eigenvalue weighted by Crippen LogP contribution is 2.15. The van der Waals surface area contributed by atoms with Crippen molar-refractivity contribution in [1.82, 2.24) is 0 Å². The Kier molecular flexibility index (Phi) is 16.8. The second kappa shape index (κ2) is 17.9. The molecule has 7 heteroatoms. The first-order valence-corrected chi connectivity index (χ1v) is 11.5. The monoisotopic (exact) mass is 428 g/mol. The maximum absolute atomic E-state index is 11.1. The third-order valence-electron chi connectivity index (χ3n) is 5.32. The van der Waals surface area contributed by atoms with Crippen LogP contribution in [-0.4, -0.2) is 63.9 Å². The normalized spacial score (nSPS) is 11.8. The fraction of sp³-hybridized carbons (Fsp3) is 0.783. The maximum atomic E-state index is 11.1. The fourth-order valence-electron chi connectivity index (χ4n) is 3.85. The van der Waals surface area contributed by atoms with Gasteiger partial charge in [-0.25, -0.2) is 14.4 Å². The molecule has 0 bridgehead atoms. The molecule has 0 spiro atoms. The smallest absolute Gasteiger partial charge is 0.359 e. The van der Waals surface area contributed by atoms with Crippen molar-refractivity contribution in [2.75, 3.05) is 26.2 Å². The molecule has 0 atom stereocenters. The summed E-state index contributed by atoms with van der Waals surface area (Å²) in [4.78, 5) is 33.4. The lowest BCUT2D eigenvalue weighted by molar-refractivity contribution is -0.907. The molecule has 7 nitrogen and oxygen atoms in total. The molecular formula is C23H42NO6+. The molecule has 0 aliphatic heterocycles. The fourth-order valence-corrected chi connectivity index (χ4v) is 3.85. The van der Waals surface area contributed by atoms with Crippen LogP contribution < -0.4 is 0 Å². The van der Waals surface area contributed by atoms with Crippen LogP contribution in [0.25, 0.3) is 0 Å². The summed E-state index contributed by atoms with van der Waals surface area (Å²) in [5, 5.41) is 27.3. The zero-order chi connectivity index (χ0) is 22.7. The van der Waals surface area contributed by atoms with Gasteiger partial charge in [0.05, 0.1) is 6.54 Å². The number of unbranched alkanes of at least 4 members (excludes halogenated alkanes) is 11. The molecule has 0 aliphatic rings. The third-order valence-corrected chi connectivity index (χ3v) is 5.32. The van der Waals surface area contributed by atoms with E-state index in [-0.39, 0.29) is 6.54 Å². The Morgan fingerprint density at radius 2 is 0.967 bits per heavy atom. The van der Waals surface area contributed by atoms with Gasteiger partial charge in [-0.3, -0.25) is 4.48 Å². The second-order valence-electron chi connectivity index (χ2n) is 8.28. The Labute approximate surface area is 181 Å². The number of quaternary nitrogens is 1. The van der Waals surface area contributed by atoms with Gasteiger partial charge in [-0.15, -0.1) is 0 Å². The molecule has 0 rings (SSSR count). The summed E-state index contributed by atoms with van der Waals surface area (Å²) in [7, 11) is 0. The minimum Gasteiger partial charge on any atom is -0.477 e. The van der Waals surface area contributed by atoms with E-state index in [2.05, 4.69) is 19.1 Å². The molecule has 174 valence electrons. The third kappa shape index (κ3) is 17.0. The Morgan fingerprint density at radius 1 is 0.600 bits per heavy atom. The number of nitrogens with zero attached hydrogens (tertiary/aromatic N) is 1. The van der Waals surface area contributed by atoms with Gasteiger partial charge in [0.1, 0.15) is 0 Å². The van der Waals surface area contributed by atoms with Crippen molar-refractivity contribution in [3.8, 4) is 0 Å². The van der Waals surface area contributed by atoms with E-state index in [0.29, 0.717) is 6.42 Å². The Morgan fingerprint density at radius 3 is 1.33 bits per heavy atom. The topological polar surface area (TPSA) is 112 Å². The number of aliphatic carboxylic acids is 3. The van der Waals surface area contributed by atoms with Crippen LogP contribution in [0.5, 0.6) is 0 Å². The van der Waals surface area contributed by atoms with Crippen molar-refractivity contribution < 1.29 is 34.2 Å². The zero-order valence-electron chi connectivity index (χ0n) is 18.7. The van der Waals surface area contributed by atoms with Crippen LogP contribution in [0.3, 0.4) is 0 Å². The van der Waals surface area contributed by atoms with Crippen molar-refractivity contribution in [2.45, 2.75) is 90.4 Å². The minimum atomic E-state index is -1.17. The molecule has 0 saturated heterocycles. The van der Waals surface area contributed by atoms with E-state index in [4.69, 9.17) is 15.3 Å². The minimum absolute atomic E-state index is 0.262. The second-order valence-corrected chi connectivity index (χ2v) is 8.28. The van der Waals surface area contributed by atoms with Crippen LogP contribution in [-0.2, 0) is 14.4 Å². The number of rotatable bonds is 21. The zero-order valence-corrected chi connectivity index (χ0v) is 18.7. The van der Waals surface area contributed by atoms with Gasteiger partial charge in [-0.2, -0.15) is 0 Å². The molecule has 0 aromatic heterocycles. The lowest BCUT2D eigenvalue weighted by Crippen LogP contribution is -2.57. The molecule has 30 heavy (non-hydrogen) atoms. The van der Waals surface area contributed by atoms with Gasteiger partial charge in [0, 0.05) is 0 Å². The number of hydrogen-bond acceptors (Lipinski definition) is 3. The van der Waals surface area contributed by atoms with E-state index in [1.807, 2.05) is 0 Å². The van der Waals surface area contributed by atoms with Gasteiger partial charge in [0.15, 0.2) is 19.6 Å². The van der Waals surface area contributed by atoms with Crippen molar-refractivity contribution >= 4 is 17.9 Å².